The number of fused-ring (bicyclic) bond motifs is 1. The fourth-order valence-corrected chi connectivity index (χ4v) is 3.76. The van der Waals surface area contributed by atoms with Crippen LogP contribution in [0.25, 0.3) is 0 Å². The van der Waals surface area contributed by atoms with Gasteiger partial charge in [-0.25, -0.2) is 0 Å². The maximum Gasteiger partial charge on any atom is 0.0453 e. The number of hydrogen-bond acceptors (Lipinski definition) is 2. The van der Waals surface area contributed by atoms with Gasteiger partial charge < -0.3 is 10.6 Å². The third kappa shape index (κ3) is 2.38. The first kappa shape index (κ1) is 13.0. The number of anilines is 1. The van der Waals surface area contributed by atoms with Crippen LogP contribution < -0.4 is 10.6 Å². The predicted octanol–water partition coefficient (Wildman–Crippen LogP) is 3.58. The van der Waals surface area contributed by atoms with Gasteiger partial charge in [0.05, 0.1) is 0 Å². The minimum absolute atomic E-state index is 0.247. The van der Waals surface area contributed by atoms with E-state index in [-0.39, 0.29) is 5.54 Å². The van der Waals surface area contributed by atoms with Crippen molar-refractivity contribution in [2.75, 3.05) is 11.4 Å². The summed E-state index contributed by atoms with van der Waals surface area (Å²) in [7, 11) is 0. The molecule has 0 atom stereocenters. The van der Waals surface area contributed by atoms with E-state index in [9.17, 15) is 0 Å². The van der Waals surface area contributed by atoms with Gasteiger partial charge in [-0.3, -0.25) is 0 Å². The van der Waals surface area contributed by atoms with Crippen molar-refractivity contribution in [3.8, 4) is 0 Å². The molecule has 0 unspecified atom stereocenters. The summed E-state index contributed by atoms with van der Waals surface area (Å²) < 4.78 is 0. The summed E-state index contributed by atoms with van der Waals surface area (Å²) in [4.78, 5) is 2.67. The van der Waals surface area contributed by atoms with Crippen molar-refractivity contribution in [3.05, 3.63) is 29.3 Å². The number of hydrogen-bond donors (Lipinski definition) is 1. The van der Waals surface area contributed by atoms with E-state index in [0.29, 0.717) is 0 Å². The van der Waals surface area contributed by atoms with Crippen molar-refractivity contribution in [3.63, 3.8) is 0 Å². The van der Waals surface area contributed by atoms with Gasteiger partial charge in [-0.2, -0.15) is 0 Å². The Bertz CT molecular complexity index is 453. The normalized spacial score (nSPS) is 20.7. The Labute approximate surface area is 117 Å². The number of para-hydroxylation sites is 1. The molecular formula is C17H26N2. The molecule has 104 valence electrons. The third-order valence-corrected chi connectivity index (χ3v) is 4.74. The highest BCUT2D eigenvalue weighted by Gasteiger charge is 2.32. The molecule has 0 radical (unpaired) electrons. The van der Waals surface area contributed by atoms with Crippen molar-refractivity contribution in [2.45, 2.75) is 64.0 Å². The van der Waals surface area contributed by atoms with Crippen LogP contribution in [0.3, 0.4) is 0 Å². The van der Waals surface area contributed by atoms with Crippen LogP contribution in [0.2, 0.25) is 0 Å². The van der Waals surface area contributed by atoms with Crippen LogP contribution in [0.5, 0.6) is 0 Å². The Hall–Kier alpha value is -1.02. The number of nitrogens with two attached hydrogens (primary N) is 1. The molecule has 0 saturated heterocycles. The molecular weight excluding hydrogens is 232 g/mol. The maximum absolute atomic E-state index is 6.39. The lowest BCUT2D eigenvalue weighted by atomic mass is 9.90. The molecule has 1 aliphatic heterocycles. The lowest BCUT2D eigenvalue weighted by molar-refractivity contribution is 0.418. The van der Waals surface area contributed by atoms with E-state index in [0.717, 1.165) is 6.04 Å². The van der Waals surface area contributed by atoms with Crippen molar-refractivity contribution in [1.82, 2.24) is 0 Å². The third-order valence-electron chi connectivity index (χ3n) is 4.74. The van der Waals surface area contributed by atoms with E-state index in [1.807, 2.05) is 0 Å². The molecule has 1 heterocycles. The van der Waals surface area contributed by atoms with E-state index >= 15 is 0 Å². The van der Waals surface area contributed by atoms with Crippen molar-refractivity contribution in [2.24, 2.45) is 5.73 Å². The molecule has 1 fully saturated rings. The second-order valence-electron chi connectivity index (χ2n) is 6.77. The number of nitrogens with zero attached hydrogens (tertiary/aromatic N) is 1. The van der Waals surface area contributed by atoms with Crippen molar-refractivity contribution < 1.29 is 0 Å². The van der Waals surface area contributed by atoms with Crippen LogP contribution >= 0.6 is 0 Å². The Kier molecular flexibility index (Phi) is 3.30. The molecule has 1 aromatic rings. The summed E-state index contributed by atoms with van der Waals surface area (Å²) in [5.41, 5.74) is 10.4. The Balaban J connectivity index is 1.98. The topological polar surface area (TPSA) is 29.3 Å². The largest absolute Gasteiger partial charge is 0.368 e. The van der Waals surface area contributed by atoms with Crippen molar-refractivity contribution >= 4 is 5.69 Å². The van der Waals surface area contributed by atoms with Gasteiger partial charge in [0.2, 0.25) is 0 Å². The SMILES string of the molecule is CC(C)(N)c1cccc2c1N(C1CCCCC1)CC2. The zero-order valence-corrected chi connectivity index (χ0v) is 12.3. The summed E-state index contributed by atoms with van der Waals surface area (Å²) in [6, 6.07) is 7.43. The standard InChI is InChI=1S/C17H26N2/c1-17(2,18)15-10-6-7-13-11-12-19(16(13)15)14-8-4-3-5-9-14/h6-7,10,14H,3-5,8-9,11-12,18H2,1-2H3. The molecule has 0 spiro atoms. The highest BCUT2D eigenvalue weighted by atomic mass is 15.2. The van der Waals surface area contributed by atoms with Gasteiger partial charge in [0.15, 0.2) is 0 Å². The fraction of sp³-hybridized carbons (Fsp3) is 0.647. The molecule has 0 bridgehead atoms. The van der Waals surface area contributed by atoms with Gasteiger partial charge in [-0.1, -0.05) is 37.5 Å². The maximum atomic E-state index is 6.39. The number of rotatable bonds is 2. The van der Waals surface area contributed by atoms with E-state index in [1.165, 1.54) is 61.9 Å². The Morgan fingerprint density at radius 1 is 1.16 bits per heavy atom. The second kappa shape index (κ2) is 4.82. The molecule has 2 aliphatic rings. The van der Waals surface area contributed by atoms with Gasteiger partial charge in [0.25, 0.3) is 0 Å². The molecule has 0 amide bonds. The molecule has 1 saturated carbocycles. The van der Waals surface area contributed by atoms with Gasteiger partial charge in [-0.05, 0) is 44.2 Å². The van der Waals surface area contributed by atoms with E-state index in [4.69, 9.17) is 5.73 Å². The van der Waals surface area contributed by atoms with Gasteiger partial charge >= 0.3 is 0 Å². The average molecular weight is 258 g/mol. The smallest absolute Gasteiger partial charge is 0.0453 e. The summed E-state index contributed by atoms with van der Waals surface area (Å²) in [6.45, 7) is 5.44. The lowest BCUT2D eigenvalue weighted by Gasteiger charge is -2.36. The Morgan fingerprint density at radius 3 is 2.58 bits per heavy atom. The van der Waals surface area contributed by atoms with E-state index < -0.39 is 0 Å². The molecule has 3 rings (SSSR count). The first-order valence-corrected chi connectivity index (χ1v) is 7.75. The zero-order valence-electron chi connectivity index (χ0n) is 12.3. The first-order chi connectivity index (χ1) is 9.07. The summed E-state index contributed by atoms with van der Waals surface area (Å²) >= 11 is 0. The van der Waals surface area contributed by atoms with Crippen LogP contribution in [-0.4, -0.2) is 12.6 Å². The Morgan fingerprint density at radius 2 is 1.89 bits per heavy atom. The highest BCUT2D eigenvalue weighted by molar-refractivity contribution is 5.65. The summed E-state index contributed by atoms with van der Waals surface area (Å²) in [5, 5.41) is 0. The molecule has 19 heavy (non-hydrogen) atoms. The van der Waals surface area contributed by atoms with Crippen LogP contribution in [0.1, 0.15) is 57.1 Å². The quantitative estimate of drug-likeness (QED) is 0.878. The lowest BCUT2D eigenvalue weighted by Crippen LogP contribution is -2.38. The minimum Gasteiger partial charge on any atom is -0.368 e. The average Bonchev–Trinajstić information content (AvgIpc) is 2.82. The molecule has 1 aliphatic carbocycles. The number of benzene rings is 1. The fourth-order valence-electron chi connectivity index (χ4n) is 3.76. The van der Waals surface area contributed by atoms with Gasteiger partial charge in [0, 0.05) is 23.8 Å². The molecule has 2 heteroatoms. The van der Waals surface area contributed by atoms with E-state index in [2.05, 4.69) is 36.9 Å². The summed E-state index contributed by atoms with van der Waals surface area (Å²) in [5.74, 6) is 0. The second-order valence-corrected chi connectivity index (χ2v) is 6.77. The molecule has 2 nitrogen and oxygen atoms in total. The first-order valence-electron chi connectivity index (χ1n) is 7.75. The summed E-state index contributed by atoms with van der Waals surface area (Å²) in [6.07, 6.45) is 8.11. The molecule has 2 N–H and O–H groups in total. The van der Waals surface area contributed by atoms with Crippen molar-refractivity contribution in [1.29, 1.82) is 0 Å². The molecule has 0 aromatic heterocycles. The van der Waals surface area contributed by atoms with Crippen LogP contribution in [-0.2, 0) is 12.0 Å². The van der Waals surface area contributed by atoms with E-state index in [1.54, 1.807) is 0 Å². The van der Waals surface area contributed by atoms with Gasteiger partial charge in [0.1, 0.15) is 0 Å². The van der Waals surface area contributed by atoms with Crippen LogP contribution in [0, 0.1) is 0 Å². The monoisotopic (exact) mass is 258 g/mol. The predicted molar refractivity (Wildman–Crippen MR) is 81.6 cm³/mol. The van der Waals surface area contributed by atoms with Crippen LogP contribution in [0.15, 0.2) is 18.2 Å². The minimum atomic E-state index is -0.247. The van der Waals surface area contributed by atoms with Crippen LogP contribution in [0.4, 0.5) is 5.69 Å². The van der Waals surface area contributed by atoms with Gasteiger partial charge in [-0.15, -0.1) is 0 Å². The molecule has 1 aromatic carbocycles. The highest BCUT2D eigenvalue weighted by Crippen LogP contribution is 2.40. The zero-order chi connectivity index (χ0) is 13.5.